The number of hydrogen-bond acceptors (Lipinski definition) is 7. The number of ether oxygens (including phenoxy) is 1. The van der Waals surface area contributed by atoms with Crippen LogP contribution in [-0.4, -0.2) is 81.8 Å². The molecule has 3 unspecified atom stereocenters. The average molecular weight is 699 g/mol. The van der Waals surface area contributed by atoms with Gasteiger partial charge < -0.3 is 35.8 Å². The van der Waals surface area contributed by atoms with E-state index in [1.165, 1.54) is 4.90 Å². The normalized spacial score (nSPS) is 16.1. The summed E-state index contributed by atoms with van der Waals surface area (Å²) in [4.78, 5) is 73.0. The molecule has 3 aromatic carbocycles. The molecule has 0 saturated carbocycles. The summed E-state index contributed by atoms with van der Waals surface area (Å²) in [5.74, 6) is -2.06. The first-order chi connectivity index (χ1) is 22.9. The molecule has 1 heterocycles. The van der Waals surface area contributed by atoms with Gasteiger partial charge in [0.25, 0.3) is 0 Å². The van der Waals surface area contributed by atoms with Crippen molar-refractivity contribution in [1.82, 2.24) is 15.5 Å². The minimum atomic E-state index is -4.36. The van der Waals surface area contributed by atoms with E-state index in [1.807, 2.05) is 60.7 Å². The Balaban J connectivity index is 1.41. The van der Waals surface area contributed by atoms with Crippen LogP contribution in [-0.2, 0) is 30.2 Å². The van der Waals surface area contributed by atoms with Gasteiger partial charge in [-0.25, -0.2) is 0 Å². The summed E-state index contributed by atoms with van der Waals surface area (Å²) in [6.07, 6.45) is 3.00. The van der Waals surface area contributed by atoms with E-state index in [0.717, 1.165) is 33.8 Å². The molecule has 0 radical (unpaired) electrons. The Labute approximate surface area is 284 Å². The van der Waals surface area contributed by atoms with Gasteiger partial charge in [0.1, 0.15) is 17.8 Å². The molecule has 4 amide bonds. The Hall–Kier alpha value is -3.90. The lowest BCUT2D eigenvalue weighted by molar-refractivity contribution is -0.144. The fraction of sp³-hybridized carbons (Fsp3) is 0.412. The number of amides is 4. The average Bonchev–Trinajstić information content (AvgIpc) is 3.07. The van der Waals surface area contributed by atoms with Crippen molar-refractivity contribution in [2.45, 2.75) is 56.5 Å². The van der Waals surface area contributed by atoms with Crippen LogP contribution in [0.25, 0.3) is 10.8 Å². The molecule has 3 aromatic rings. The van der Waals surface area contributed by atoms with Crippen LogP contribution in [0.4, 0.5) is 0 Å². The minimum Gasteiger partial charge on any atom is -0.497 e. The number of nitrogens with zero attached hydrogens (tertiary/aromatic N) is 1. The fourth-order valence-corrected chi connectivity index (χ4v) is 7.61. The maximum Gasteiger partial charge on any atom is 0.335 e. The molecule has 0 bridgehead atoms. The van der Waals surface area contributed by atoms with Crippen molar-refractivity contribution in [3.8, 4) is 5.75 Å². The van der Waals surface area contributed by atoms with Crippen LogP contribution in [0, 0.1) is 0 Å². The maximum atomic E-state index is 13.9. The van der Waals surface area contributed by atoms with Crippen LogP contribution >= 0.6 is 19.4 Å². The lowest BCUT2D eigenvalue weighted by atomic mass is 9.95. The second-order valence-electron chi connectivity index (χ2n) is 11.8. The number of nitrogens with one attached hydrogen (secondary N) is 2. The van der Waals surface area contributed by atoms with E-state index >= 15 is 0 Å². The second kappa shape index (κ2) is 17.5. The number of hydrogen-bond donors (Lipinski definition) is 5. The molecular formula is C34H43N4O8PS. The first-order valence-electron chi connectivity index (χ1n) is 15.9. The molecule has 258 valence electrons. The zero-order valence-corrected chi connectivity index (χ0v) is 28.6. The third kappa shape index (κ3) is 10.8. The molecule has 0 spiro atoms. The molecular weight excluding hydrogens is 655 g/mol. The van der Waals surface area contributed by atoms with Gasteiger partial charge in [0.15, 0.2) is 0 Å². The summed E-state index contributed by atoms with van der Waals surface area (Å²) >= 11 is 0.863. The highest BCUT2D eigenvalue weighted by atomic mass is 32.2. The van der Waals surface area contributed by atoms with Crippen molar-refractivity contribution in [2.75, 3.05) is 31.4 Å². The highest BCUT2D eigenvalue weighted by molar-refractivity contribution is 8.04. The van der Waals surface area contributed by atoms with Crippen molar-refractivity contribution < 1.29 is 38.3 Å². The van der Waals surface area contributed by atoms with Gasteiger partial charge in [0.2, 0.25) is 23.6 Å². The third-order valence-corrected chi connectivity index (χ3v) is 10.9. The van der Waals surface area contributed by atoms with Crippen molar-refractivity contribution in [1.29, 1.82) is 0 Å². The number of methoxy groups -OCH3 is 1. The molecule has 1 aliphatic heterocycles. The van der Waals surface area contributed by atoms with E-state index < -0.39 is 48.8 Å². The van der Waals surface area contributed by atoms with Crippen molar-refractivity contribution >= 4 is 53.8 Å². The molecule has 6 N–H and O–H groups in total. The SMILES string of the molecule is COc1ccc(CCCC(=O)NC(CSCP(=O)(O)O)C(=O)N2CCCCC2C(=O)NCC(C(N)=O)c2ccc3ccccc3c2)cc1. The van der Waals surface area contributed by atoms with Gasteiger partial charge in [-0.05, 0) is 66.1 Å². The van der Waals surface area contributed by atoms with Gasteiger partial charge in [-0.3, -0.25) is 23.7 Å². The van der Waals surface area contributed by atoms with E-state index in [2.05, 4.69) is 10.6 Å². The van der Waals surface area contributed by atoms with Crippen LogP contribution in [0.15, 0.2) is 66.7 Å². The highest BCUT2D eigenvalue weighted by Crippen LogP contribution is 2.38. The molecule has 48 heavy (non-hydrogen) atoms. The van der Waals surface area contributed by atoms with E-state index in [4.69, 9.17) is 10.5 Å². The number of thioether (sulfide) groups is 1. The first-order valence-corrected chi connectivity index (χ1v) is 18.8. The monoisotopic (exact) mass is 698 g/mol. The number of likely N-dealkylation sites (tertiary alicyclic amines) is 1. The number of benzene rings is 3. The molecule has 1 fully saturated rings. The van der Waals surface area contributed by atoms with E-state index in [-0.39, 0.29) is 31.2 Å². The fourth-order valence-electron chi connectivity index (χ4n) is 5.77. The van der Waals surface area contributed by atoms with Gasteiger partial charge in [-0.1, -0.05) is 54.6 Å². The Kier molecular flexibility index (Phi) is 13.5. The lowest BCUT2D eigenvalue weighted by Crippen LogP contribution is -2.58. The van der Waals surface area contributed by atoms with Gasteiger partial charge in [-0.2, -0.15) is 0 Å². The number of piperidine rings is 1. The number of aryl methyl sites for hydroxylation is 1. The molecule has 12 nitrogen and oxygen atoms in total. The van der Waals surface area contributed by atoms with Gasteiger partial charge in [-0.15, -0.1) is 11.8 Å². The van der Waals surface area contributed by atoms with Crippen molar-refractivity contribution in [3.05, 3.63) is 77.9 Å². The Morgan fingerprint density at radius 1 is 1.04 bits per heavy atom. The predicted molar refractivity (Wildman–Crippen MR) is 185 cm³/mol. The minimum absolute atomic E-state index is 0.0580. The summed E-state index contributed by atoms with van der Waals surface area (Å²) in [5, 5.41) is 7.51. The number of primary amides is 1. The molecule has 0 aromatic heterocycles. The molecule has 14 heteroatoms. The van der Waals surface area contributed by atoms with Crippen LogP contribution in [0.2, 0.25) is 0 Å². The zero-order valence-electron chi connectivity index (χ0n) is 26.9. The summed E-state index contributed by atoms with van der Waals surface area (Å²) in [6, 6.07) is 18.8. The highest BCUT2D eigenvalue weighted by Gasteiger charge is 2.36. The van der Waals surface area contributed by atoms with Crippen LogP contribution in [0.3, 0.4) is 0 Å². The third-order valence-electron chi connectivity index (χ3n) is 8.29. The Morgan fingerprint density at radius 3 is 2.46 bits per heavy atom. The molecule has 3 atom stereocenters. The maximum absolute atomic E-state index is 13.9. The summed E-state index contributed by atoms with van der Waals surface area (Å²) < 4.78 is 16.7. The molecule has 0 aliphatic carbocycles. The van der Waals surface area contributed by atoms with Crippen molar-refractivity contribution in [3.63, 3.8) is 0 Å². The smallest absolute Gasteiger partial charge is 0.335 e. The van der Waals surface area contributed by atoms with Crippen LogP contribution < -0.4 is 21.1 Å². The summed E-state index contributed by atoms with van der Waals surface area (Å²) in [6.45, 7) is 0.214. The van der Waals surface area contributed by atoms with Gasteiger partial charge >= 0.3 is 7.60 Å². The van der Waals surface area contributed by atoms with Crippen LogP contribution in [0.5, 0.6) is 5.75 Å². The largest absolute Gasteiger partial charge is 0.497 e. The number of fused-ring (bicyclic) bond motifs is 1. The number of carbonyl (C=O) groups excluding carboxylic acids is 4. The second-order valence-corrected chi connectivity index (χ2v) is 14.9. The number of rotatable bonds is 16. The Morgan fingerprint density at radius 2 is 1.77 bits per heavy atom. The molecule has 1 saturated heterocycles. The molecule has 4 rings (SSSR count). The number of carbonyl (C=O) groups is 4. The quantitative estimate of drug-likeness (QED) is 0.140. The van der Waals surface area contributed by atoms with Gasteiger partial charge in [0, 0.05) is 25.3 Å². The van der Waals surface area contributed by atoms with Crippen LogP contribution in [0.1, 0.15) is 49.1 Å². The summed E-state index contributed by atoms with van der Waals surface area (Å²) in [5.41, 5.74) is 6.91. The standard InChI is InChI=1S/C34H43N4O8PS/c1-46-27-16-12-23(13-17-27)7-6-11-31(39)37-29(21-48-22-47(43,44)45)34(42)38-18-5-4-10-30(38)33(41)36-20-28(32(35)40)26-15-14-24-8-2-3-9-25(24)19-26/h2-3,8-9,12-17,19,28-30H,4-7,10-11,18,20-22H2,1H3,(H2,35,40)(H,36,41)(H,37,39)(H2,43,44,45). The van der Waals surface area contributed by atoms with E-state index in [9.17, 15) is 33.5 Å². The zero-order chi connectivity index (χ0) is 34.7. The lowest BCUT2D eigenvalue weighted by Gasteiger charge is -2.37. The topological polar surface area (TPSA) is 188 Å². The molecule has 1 aliphatic rings. The Bertz CT molecular complexity index is 1630. The first kappa shape index (κ1) is 36.9. The predicted octanol–water partition coefficient (Wildman–Crippen LogP) is 3.29. The van der Waals surface area contributed by atoms with Crippen molar-refractivity contribution in [2.24, 2.45) is 5.73 Å². The number of nitrogens with two attached hydrogens (primary N) is 1. The van der Waals surface area contributed by atoms with E-state index in [1.54, 1.807) is 13.2 Å². The van der Waals surface area contributed by atoms with E-state index in [0.29, 0.717) is 37.7 Å². The summed E-state index contributed by atoms with van der Waals surface area (Å²) in [7, 11) is -2.77. The van der Waals surface area contributed by atoms with Gasteiger partial charge in [0.05, 0.1) is 18.5 Å².